The molecule has 1 aromatic carbocycles. The van der Waals surface area contributed by atoms with E-state index in [4.69, 9.17) is 4.74 Å². The van der Waals surface area contributed by atoms with Gasteiger partial charge >= 0.3 is 0 Å². The fourth-order valence-electron chi connectivity index (χ4n) is 2.83. The number of rotatable bonds is 5. The average molecular weight is 330 g/mol. The molecule has 0 bridgehead atoms. The molecular formula is C18H19FN2O3. The topological polar surface area (TPSA) is 59.0 Å². The first-order valence-electron chi connectivity index (χ1n) is 8.00. The van der Waals surface area contributed by atoms with E-state index in [1.807, 2.05) is 4.90 Å². The monoisotopic (exact) mass is 330 g/mol. The molecule has 3 rings (SSSR count). The molecule has 0 atom stereocenters. The predicted octanol–water partition coefficient (Wildman–Crippen LogP) is 1.91. The zero-order valence-electron chi connectivity index (χ0n) is 13.3. The summed E-state index contributed by atoms with van der Waals surface area (Å²) in [6.45, 7) is 2.56. The molecule has 0 N–H and O–H groups in total. The Morgan fingerprint density at radius 1 is 1.21 bits per heavy atom. The van der Waals surface area contributed by atoms with Crippen LogP contribution in [-0.2, 0) is 20.7 Å². The van der Waals surface area contributed by atoms with Gasteiger partial charge in [0.25, 0.3) is 0 Å². The second-order valence-electron chi connectivity index (χ2n) is 5.91. The van der Waals surface area contributed by atoms with Crippen molar-refractivity contribution in [2.24, 2.45) is 4.99 Å². The van der Waals surface area contributed by atoms with Crippen LogP contribution >= 0.6 is 0 Å². The Balaban J connectivity index is 1.66. The first-order chi connectivity index (χ1) is 11.6. The van der Waals surface area contributed by atoms with Crippen molar-refractivity contribution in [3.63, 3.8) is 0 Å². The van der Waals surface area contributed by atoms with Gasteiger partial charge < -0.3 is 9.64 Å². The zero-order chi connectivity index (χ0) is 16.9. The molecule has 1 saturated heterocycles. The highest BCUT2D eigenvalue weighted by Crippen LogP contribution is 2.17. The summed E-state index contributed by atoms with van der Waals surface area (Å²) in [7, 11) is 0. The quantitative estimate of drug-likeness (QED) is 0.827. The van der Waals surface area contributed by atoms with Crippen molar-refractivity contribution in [1.29, 1.82) is 0 Å². The van der Waals surface area contributed by atoms with Crippen molar-refractivity contribution in [2.45, 2.75) is 19.3 Å². The van der Waals surface area contributed by atoms with Crippen LogP contribution in [0.1, 0.15) is 18.4 Å². The number of ketones is 2. The Bertz CT molecular complexity index is 706. The maximum Gasteiger partial charge on any atom is 0.164 e. The predicted molar refractivity (Wildman–Crippen MR) is 87.3 cm³/mol. The fraction of sp³-hybridized carbons (Fsp3) is 0.389. The first-order valence-corrected chi connectivity index (χ1v) is 8.00. The van der Waals surface area contributed by atoms with Crippen molar-refractivity contribution in [3.8, 4) is 0 Å². The molecule has 0 unspecified atom stereocenters. The zero-order valence-corrected chi connectivity index (χ0v) is 13.3. The second kappa shape index (κ2) is 7.49. The number of nitrogens with zero attached hydrogens (tertiary/aromatic N) is 2. The smallest absolute Gasteiger partial charge is 0.164 e. The third kappa shape index (κ3) is 4.14. The van der Waals surface area contributed by atoms with Crippen molar-refractivity contribution in [2.75, 3.05) is 26.3 Å². The van der Waals surface area contributed by atoms with Gasteiger partial charge in [0.05, 0.1) is 13.2 Å². The number of allylic oxidation sites excluding steroid dienone is 1. The van der Waals surface area contributed by atoms with E-state index in [0.717, 1.165) is 0 Å². The van der Waals surface area contributed by atoms with E-state index in [-0.39, 0.29) is 36.6 Å². The summed E-state index contributed by atoms with van der Waals surface area (Å²) in [5, 5.41) is 0. The Morgan fingerprint density at radius 2 is 1.96 bits per heavy atom. The van der Waals surface area contributed by atoms with Gasteiger partial charge in [-0.25, -0.2) is 9.38 Å². The average Bonchev–Trinajstić information content (AvgIpc) is 2.57. The van der Waals surface area contributed by atoms with Crippen molar-refractivity contribution in [3.05, 3.63) is 47.5 Å². The minimum Gasteiger partial charge on any atom is -0.378 e. The number of halogens is 1. The minimum absolute atomic E-state index is 0.0104. The number of Topliss-reactive ketones (excluding diaryl/α,β-unsaturated/α-hetero) is 1. The van der Waals surface area contributed by atoms with E-state index >= 15 is 0 Å². The molecule has 0 aromatic heterocycles. The van der Waals surface area contributed by atoms with E-state index < -0.39 is 0 Å². The largest absolute Gasteiger partial charge is 0.378 e. The Morgan fingerprint density at radius 3 is 2.71 bits per heavy atom. The lowest BCUT2D eigenvalue weighted by molar-refractivity contribution is -0.117. The molecule has 24 heavy (non-hydrogen) atoms. The van der Waals surface area contributed by atoms with Gasteiger partial charge in [0, 0.05) is 44.1 Å². The third-order valence-corrected chi connectivity index (χ3v) is 4.02. The molecule has 0 radical (unpaired) electrons. The van der Waals surface area contributed by atoms with E-state index in [1.165, 1.54) is 12.1 Å². The molecule has 0 amide bonds. The number of hydrogen-bond acceptors (Lipinski definition) is 5. The molecule has 2 aliphatic heterocycles. The van der Waals surface area contributed by atoms with E-state index in [2.05, 4.69) is 4.99 Å². The molecule has 6 heteroatoms. The maximum atomic E-state index is 13.6. The van der Waals surface area contributed by atoms with Crippen LogP contribution < -0.4 is 0 Å². The molecular weight excluding hydrogens is 311 g/mol. The van der Waals surface area contributed by atoms with Gasteiger partial charge in [-0.2, -0.15) is 0 Å². The standard InChI is InChI=1S/C18H19FN2O3/c19-17-4-2-1-3-13(17)9-15(22)10-14-11-16(23)12-18(20-14)21-5-7-24-8-6-21/h1-4,12H,5-11H2. The SMILES string of the molecule is O=C1C=C(N2CCOCC2)N=C(CC(=O)Cc2ccccc2F)C1. The van der Waals surface area contributed by atoms with Crippen LogP contribution in [0, 0.1) is 5.82 Å². The van der Waals surface area contributed by atoms with Gasteiger partial charge in [0.15, 0.2) is 5.78 Å². The molecule has 0 saturated carbocycles. The van der Waals surface area contributed by atoms with Gasteiger partial charge in [-0.05, 0) is 11.6 Å². The van der Waals surface area contributed by atoms with Gasteiger partial charge in [-0.15, -0.1) is 0 Å². The summed E-state index contributed by atoms with van der Waals surface area (Å²) in [6, 6.07) is 6.23. The lowest BCUT2D eigenvalue weighted by atomic mass is 10.0. The Hall–Kier alpha value is -2.34. The van der Waals surface area contributed by atoms with Crippen LogP contribution in [0.25, 0.3) is 0 Å². The molecule has 2 heterocycles. The van der Waals surface area contributed by atoms with Crippen LogP contribution in [0.2, 0.25) is 0 Å². The number of aliphatic imine (C=N–C) groups is 1. The molecule has 1 aromatic rings. The van der Waals surface area contributed by atoms with Gasteiger partial charge in [0.2, 0.25) is 0 Å². The van der Waals surface area contributed by atoms with Crippen LogP contribution in [0.15, 0.2) is 41.2 Å². The summed E-state index contributed by atoms with van der Waals surface area (Å²) in [5.41, 5.74) is 0.916. The van der Waals surface area contributed by atoms with E-state index in [9.17, 15) is 14.0 Å². The number of benzene rings is 1. The van der Waals surface area contributed by atoms with Crippen LogP contribution in [0.5, 0.6) is 0 Å². The number of morpholine rings is 1. The van der Waals surface area contributed by atoms with Gasteiger partial charge in [-0.3, -0.25) is 9.59 Å². The van der Waals surface area contributed by atoms with E-state index in [0.29, 0.717) is 43.4 Å². The normalized spacial score (nSPS) is 18.2. The molecule has 2 aliphatic rings. The van der Waals surface area contributed by atoms with Crippen molar-refractivity contribution in [1.82, 2.24) is 4.90 Å². The summed E-state index contributed by atoms with van der Waals surface area (Å²) in [6.07, 6.45) is 1.76. The van der Waals surface area contributed by atoms with Gasteiger partial charge in [-0.1, -0.05) is 18.2 Å². The van der Waals surface area contributed by atoms with E-state index in [1.54, 1.807) is 18.2 Å². The number of carbonyl (C=O) groups is 2. The molecule has 126 valence electrons. The first kappa shape index (κ1) is 16.5. The lowest BCUT2D eigenvalue weighted by Crippen LogP contribution is -2.36. The number of hydrogen-bond donors (Lipinski definition) is 0. The highest BCUT2D eigenvalue weighted by Gasteiger charge is 2.21. The Labute approximate surface area is 139 Å². The number of carbonyl (C=O) groups excluding carboxylic acids is 2. The van der Waals surface area contributed by atoms with Crippen LogP contribution in [0.3, 0.4) is 0 Å². The van der Waals surface area contributed by atoms with Crippen LogP contribution in [-0.4, -0.2) is 48.5 Å². The Kier molecular flexibility index (Phi) is 5.15. The molecule has 0 aliphatic carbocycles. The molecule has 0 spiro atoms. The second-order valence-corrected chi connectivity index (χ2v) is 5.91. The molecule has 5 nitrogen and oxygen atoms in total. The van der Waals surface area contributed by atoms with Crippen molar-refractivity contribution < 1.29 is 18.7 Å². The summed E-state index contributed by atoms with van der Waals surface area (Å²) in [5.74, 6) is 0.0136. The van der Waals surface area contributed by atoms with Crippen LogP contribution in [0.4, 0.5) is 4.39 Å². The summed E-state index contributed by atoms with van der Waals surface area (Å²) < 4.78 is 18.9. The third-order valence-electron chi connectivity index (χ3n) is 4.02. The minimum atomic E-state index is -0.388. The highest BCUT2D eigenvalue weighted by molar-refractivity contribution is 6.14. The lowest BCUT2D eigenvalue weighted by Gasteiger charge is -2.30. The molecule has 1 fully saturated rings. The maximum absolute atomic E-state index is 13.6. The van der Waals surface area contributed by atoms with Crippen molar-refractivity contribution >= 4 is 17.3 Å². The number of ether oxygens (including phenoxy) is 1. The fourth-order valence-corrected chi connectivity index (χ4v) is 2.83. The van der Waals surface area contributed by atoms with Gasteiger partial charge in [0.1, 0.15) is 17.4 Å². The highest BCUT2D eigenvalue weighted by atomic mass is 19.1. The summed E-state index contributed by atoms with van der Waals surface area (Å²) >= 11 is 0. The summed E-state index contributed by atoms with van der Waals surface area (Å²) in [4.78, 5) is 30.6.